The standard InChI is InChI=1S/C16H19NO3S/c1-19-14-8-11(9-15(20-2)16(14)18)10-17-12-4-6-13(21-3)7-5-12/h4-9,17-18H,10H2,1-3H3. The van der Waals surface area contributed by atoms with E-state index in [0.717, 1.165) is 11.3 Å². The Balaban J connectivity index is 2.11. The number of thioether (sulfide) groups is 1. The molecule has 0 fully saturated rings. The van der Waals surface area contributed by atoms with Gasteiger partial charge >= 0.3 is 0 Å². The minimum atomic E-state index is 0.0214. The first-order valence-corrected chi connectivity index (χ1v) is 7.72. The molecule has 0 heterocycles. The van der Waals surface area contributed by atoms with Crippen LogP contribution in [0.4, 0.5) is 5.69 Å². The van der Waals surface area contributed by atoms with Crippen LogP contribution >= 0.6 is 11.8 Å². The Hall–Kier alpha value is -2.01. The van der Waals surface area contributed by atoms with Gasteiger partial charge in [-0.3, -0.25) is 0 Å². The number of benzene rings is 2. The number of rotatable bonds is 6. The molecule has 0 atom stereocenters. The SMILES string of the molecule is COc1cc(CNc2ccc(SC)cc2)cc(OC)c1O. The van der Waals surface area contributed by atoms with Crippen molar-refractivity contribution in [2.75, 3.05) is 25.8 Å². The van der Waals surface area contributed by atoms with Crippen LogP contribution in [0.2, 0.25) is 0 Å². The quantitative estimate of drug-likeness (QED) is 0.796. The lowest BCUT2D eigenvalue weighted by Crippen LogP contribution is -2.00. The third-order valence-electron chi connectivity index (χ3n) is 3.13. The summed E-state index contributed by atoms with van der Waals surface area (Å²) in [6.45, 7) is 0.617. The van der Waals surface area contributed by atoms with Crippen molar-refractivity contribution in [2.24, 2.45) is 0 Å². The molecule has 2 rings (SSSR count). The number of methoxy groups -OCH3 is 2. The van der Waals surface area contributed by atoms with Crippen LogP contribution in [0, 0.1) is 0 Å². The maximum Gasteiger partial charge on any atom is 0.200 e. The summed E-state index contributed by atoms with van der Waals surface area (Å²) < 4.78 is 10.3. The average molecular weight is 305 g/mol. The number of hydrogen-bond acceptors (Lipinski definition) is 5. The molecule has 0 bridgehead atoms. The lowest BCUT2D eigenvalue weighted by atomic mass is 10.1. The predicted molar refractivity (Wildman–Crippen MR) is 86.8 cm³/mol. The second-order valence-electron chi connectivity index (χ2n) is 4.43. The van der Waals surface area contributed by atoms with Gasteiger partial charge in [-0.15, -0.1) is 11.8 Å². The summed E-state index contributed by atoms with van der Waals surface area (Å²) in [4.78, 5) is 1.23. The lowest BCUT2D eigenvalue weighted by Gasteiger charge is -2.12. The van der Waals surface area contributed by atoms with Crippen LogP contribution in [0.25, 0.3) is 0 Å². The second-order valence-corrected chi connectivity index (χ2v) is 5.31. The van der Waals surface area contributed by atoms with E-state index in [2.05, 4.69) is 23.7 Å². The molecule has 0 unspecified atom stereocenters. The number of phenolic OH excluding ortho intramolecular Hbond substituents is 1. The van der Waals surface area contributed by atoms with E-state index in [4.69, 9.17) is 9.47 Å². The highest BCUT2D eigenvalue weighted by Crippen LogP contribution is 2.37. The first-order chi connectivity index (χ1) is 10.2. The molecule has 0 aliphatic carbocycles. The molecule has 2 aromatic rings. The molecule has 0 aromatic heterocycles. The molecule has 21 heavy (non-hydrogen) atoms. The van der Waals surface area contributed by atoms with Crippen molar-refractivity contribution in [1.29, 1.82) is 0 Å². The van der Waals surface area contributed by atoms with E-state index in [1.165, 1.54) is 19.1 Å². The number of aromatic hydroxyl groups is 1. The Morgan fingerprint density at radius 3 is 2.10 bits per heavy atom. The van der Waals surface area contributed by atoms with Crippen molar-refractivity contribution in [3.8, 4) is 17.2 Å². The van der Waals surface area contributed by atoms with Gasteiger partial charge in [0.15, 0.2) is 11.5 Å². The molecule has 5 heteroatoms. The van der Waals surface area contributed by atoms with Crippen LogP contribution in [0.5, 0.6) is 17.2 Å². The summed E-state index contributed by atoms with van der Waals surface area (Å²) in [6, 6.07) is 11.8. The molecular formula is C16H19NO3S. The fourth-order valence-electron chi connectivity index (χ4n) is 1.96. The van der Waals surface area contributed by atoms with Gasteiger partial charge in [0.1, 0.15) is 0 Å². The smallest absolute Gasteiger partial charge is 0.200 e. The number of phenols is 1. The fourth-order valence-corrected chi connectivity index (χ4v) is 2.37. The zero-order valence-electron chi connectivity index (χ0n) is 12.3. The van der Waals surface area contributed by atoms with Gasteiger partial charge in [-0.25, -0.2) is 0 Å². The minimum absolute atomic E-state index is 0.0214. The predicted octanol–water partition coefficient (Wildman–Crippen LogP) is 3.74. The van der Waals surface area contributed by atoms with Gasteiger partial charge < -0.3 is 19.9 Å². The lowest BCUT2D eigenvalue weighted by molar-refractivity contribution is 0.339. The zero-order chi connectivity index (χ0) is 15.2. The van der Waals surface area contributed by atoms with Crippen molar-refractivity contribution < 1.29 is 14.6 Å². The van der Waals surface area contributed by atoms with Crippen LogP contribution in [-0.4, -0.2) is 25.6 Å². The monoisotopic (exact) mass is 305 g/mol. The molecule has 2 aromatic carbocycles. The van der Waals surface area contributed by atoms with Crippen LogP contribution in [-0.2, 0) is 6.54 Å². The molecule has 0 aliphatic rings. The summed E-state index contributed by atoms with van der Waals surface area (Å²) in [5, 5.41) is 13.2. The summed E-state index contributed by atoms with van der Waals surface area (Å²) >= 11 is 1.71. The summed E-state index contributed by atoms with van der Waals surface area (Å²) in [7, 11) is 3.04. The van der Waals surface area contributed by atoms with Gasteiger partial charge in [-0.2, -0.15) is 0 Å². The molecular weight excluding hydrogens is 286 g/mol. The molecule has 0 aliphatic heterocycles. The van der Waals surface area contributed by atoms with Crippen molar-refractivity contribution >= 4 is 17.4 Å². The Kier molecular flexibility index (Phi) is 5.22. The van der Waals surface area contributed by atoms with Gasteiger partial charge in [-0.1, -0.05) is 0 Å². The number of anilines is 1. The van der Waals surface area contributed by atoms with Gasteiger partial charge in [0.25, 0.3) is 0 Å². The average Bonchev–Trinajstić information content (AvgIpc) is 2.54. The zero-order valence-corrected chi connectivity index (χ0v) is 13.2. The molecule has 2 N–H and O–H groups in total. The van der Waals surface area contributed by atoms with E-state index < -0.39 is 0 Å². The van der Waals surface area contributed by atoms with E-state index >= 15 is 0 Å². The highest BCUT2D eigenvalue weighted by atomic mass is 32.2. The first kappa shape index (κ1) is 15.4. The summed E-state index contributed by atoms with van der Waals surface area (Å²) in [5.41, 5.74) is 2.01. The maximum atomic E-state index is 9.88. The van der Waals surface area contributed by atoms with Crippen LogP contribution in [0.15, 0.2) is 41.3 Å². The highest BCUT2D eigenvalue weighted by Gasteiger charge is 2.10. The Morgan fingerprint density at radius 1 is 1.05 bits per heavy atom. The van der Waals surface area contributed by atoms with Crippen LogP contribution in [0.1, 0.15) is 5.56 Å². The Labute approximate surface area is 129 Å². The third-order valence-corrected chi connectivity index (χ3v) is 3.87. The van der Waals surface area contributed by atoms with Crippen LogP contribution < -0.4 is 14.8 Å². The fraction of sp³-hybridized carbons (Fsp3) is 0.250. The van der Waals surface area contributed by atoms with E-state index in [1.807, 2.05) is 12.1 Å². The molecule has 0 saturated heterocycles. The molecule has 0 spiro atoms. The van der Waals surface area contributed by atoms with E-state index in [9.17, 15) is 5.11 Å². The molecule has 112 valence electrons. The van der Waals surface area contributed by atoms with Crippen LogP contribution in [0.3, 0.4) is 0 Å². The topological polar surface area (TPSA) is 50.7 Å². The first-order valence-electron chi connectivity index (χ1n) is 6.49. The molecule has 0 saturated carbocycles. The van der Waals surface area contributed by atoms with Gasteiger partial charge in [0.2, 0.25) is 5.75 Å². The molecule has 4 nitrogen and oxygen atoms in total. The Bertz CT molecular complexity index is 574. The van der Waals surface area contributed by atoms with Crippen molar-refractivity contribution in [1.82, 2.24) is 0 Å². The summed E-state index contributed by atoms with van der Waals surface area (Å²) in [6.07, 6.45) is 2.05. The van der Waals surface area contributed by atoms with Gasteiger partial charge in [0.05, 0.1) is 14.2 Å². The van der Waals surface area contributed by atoms with E-state index in [-0.39, 0.29) is 5.75 Å². The second kappa shape index (κ2) is 7.13. The Morgan fingerprint density at radius 2 is 1.62 bits per heavy atom. The van der Waals surface area contributed by atoms with Crippen molar-refractivity contribution in [3.05, 3.63) is 42.0 Å². The normalized spacial score (nSPS) is 10.2. The third kappa shape index (κ3) is 3.76. The van der Waals surface area contributed by atoms with Gasteiger partial charge in [-0.05, 0) is 48.2 Å². The van der Waals surface area contributed by atoms with E-state index in [1.54, 1.807) is 23.9 Å². The number of hydrogen-bond donors (Lipinski definition) is 2. The van der Waals surface area contributed by atoms with Gasteiger partial charge in [0, 0.05) is 17.1 Å². The summed E-state index contributed by atoms with van der Waals surface area (Å²) in [5.74, 6) is 0.834. The maximum absolute atomic E-state index is 9.88. The largest absolute Gasteiger partial charge is 0.502 e. The van der Waals surface area contributed by atoms with Crippen molar-refractivity contribution in [3.63, 3.8) is 0 Å². The number of nitrogens with one attached hydrogen (secondary N) is 1. The van der Waals surface area contributed by atoms with Crippen molar-refractivity contribution in [2.45, 2.75) is 11.4 Å². The molecule has 0 radical (unpaired) electrons. The highest BCUT2D eigenvalue weighted by molar-refractivity contribution is 7.98. The van der Waals surface area contributed by atoms with E-state index in [0.29, 0.717) is 18.0 Å². The molecule has 0 amide bonds. The minimum Gasteiger partial charge on any atom is -0.502 e. The number of ether oxygens (including phenoxy) is 2.